The minimum atomic E-state index is 0.0137. The molecule has 0 aliphatic rings. The van der Waals surface area contributed by atoms with Crippen molar-refractivity contribution in [2.24, 2.45) is 0 Å². The van der Waals surface area contributed by atoms with E-state index in [9.17, 15) is 4.79 Å². The normalized spacial score (nSPS) is 9.47. The van der Waals surface area contributed by atoms with Gasteiger partial charge in [0.1, 0.15) is 0 Å². The van der Waals surface area contributed by atoms with Gasteiger partial charge in [0.2, 0.25) is 5.78 Å². The molecule has 0 saturated carbocycles. The molecule has 0 fully saturated rings. The second-order valence-electron chi connectivity index (χ2n) is 4.38. The van der Waals surface area contributed by atoms with Crippen molar-refractivity contribution in [1.29, 1.82) is 0 Å². The van der Waals surface area contributed by atoms with Gasteiger partial charge in [-0.3, -0.25) is 4.79 Å². The van der Waals surface area contributed by atoms with Crippen LogP contribution in [0, 0.1) is 11.8 Å². The fourth-order valence-electron chi connectivity index (χ4n) is 1.82. The number of carbonyl (C=O) groups excluding carboxylic acids is 1. The number of aryl methyl sites for hydroxylation is 1. The first kappa shape index (κ1) is 13.1. The van der Waals surface area contributed by atoms with Crippen molar-refractivity contribution in [3.05, 3.63) is 71.8 Å². The monoisotopic (exact) mass is 248 g/mol. The third-order valence-electron chi connectivity index (χ3n) is 2.83. The van der Waals surface area contributed by atoms with Crippen LogP contribution in [0.15, 0.2) is 60.7 Å². The first-order chi connectivity index (χ1) is 9.34. The van der Waals surface area contributed by atoms with Crippen molar-refractivity contribution in [3.63, 3.8) is 0 Å². The van der Waals surface area contributed by atoms with Crippen molar-refractivity contribution in [3.8, 4) is 11.8 Å². The lowest BCUT2D eigenvalue weighted by atomic mass is 10.1. The molecule has 0 N–H and O–H groups in total. The van der Waals surface area contributed by atoms with Crippen molar-refractivity contribution >= 4 is 5.78 Å². The second kappa shape index (κ2) is 7.18. The summed E-state index contributed by atoms with van der Waals surface area (Å²) in [5.74, 6) is 5.60. The molecule has 0 unspecified atom stereocenters. The predicted octanol–water partition coefficient (Wildman–Crippen LogP) is 3.63. The summed E-state index contributed by atoms with van der Waals surface area (Å²) in [4.78, 5) is 11.6. The Morgan fingerprint density at radius 3 is 2.21 bits per heavy atom. The molecule has 19 heavy (non-hydrogen) atoms. The first-order valence-electron chi connectivity index (χ1n) is 6.48. The standard InChI is InChI=1S/C18H16O/c19-18(15-14-17-10-5-2-6-11-17)13-7-12-16-8-3-1-4-9-16/h1-6,8-11H,7,12-13H2. The number of benzene rings is 2. The fourth-order valence-corrected chi connectivity index (χ4v) is 1.82. The van der Waals surface area contributed by atoms with E-state index in [1.165, 1.54) is 5.56 Å². The summed E-state index contributed by atoms with van der Waals surface area (Å²) < 4.78 is 0. The van der Waals surface area contributed by atoms with Crippen LogP contribution < -0.4 is 0 Å². The number of hydrogen-bond donors (Lipinski definition) is 0. The van der Waals surface area contributed by atoms with Crippen LogP contribution in [0.2, 0.25) is 0 Å². The lowest BCUT2D eigenvalue weighted by molar-refractivity contribution is -0.113. The molecule has 2 aromatic carbocycles. The molecule has 0 aromatic heterocycles. The Hall–Kier alpha value is -2.33. The summed E-state index contributed by atoms with van der Waals surface area (Å²) in [6, 6.07) is 19.8. The average Bonchev–Trinajstić information content (AvgIpc) is 2.47. The molecule has 2 rings (SSSR count). The number of carbonyl (C=O) groups is 1. The van der Waals surface area contributed by atoms with Crippen molar-refractivity contribution in [1.82, 2.24) is 0 Å². The zero-order valence-corrected chi connectivity index (χ0v) is 10.8. The van der Waals surface area contributed by atoms with E-state index in [-0.39, 0.29) is 5.78 Å². The summed E-state index contributed by atoms with van der Waals surface area (Å²) in [5, 5.41) is 0. The zero-order chi connectivity index (χ0) is 13.3. The highest BCUT2D eigenvalue weighted by Crippen LogP contribution is 2.04. The summed E-state index contributed by atoms with van der Waals surface area (Å²) in [5.41, 5.74) is 2.16. The quantitative estimate of drug-likeness (QED) is 0.755. The second-order valence-corrected chi connectivity index (χ2v) is 4.38. The zero-order valence-electron chi connectivity index (χ0n) is 10.8. The summed E-state index contributed by atoms with van der Waals surface area (Å²) in [6.07, 6.45) is 2.31. The third kappa shape index (κ3) is 4.81. The molecule has 0 atom stereocenters. The Labute approximate surface area is 114 Å². The lowest BCUT2D eigenvalue weighted by Crippen LogP contribution is -1.95. The highest BCUT2D eigenvalue weighted by molar-refractivity contribution is 5.95. The van der Waals surface area contributed by atoms with Gasteiger partial charge >= 0.3 is 0 Å². The maximum atomic E-state index is 11.6. The molecular weight excluding hydrogens is 232 g/mol. The maximum Gasteiger partial charge on any atom is 0.205 e. The molecule has 0 saturated heterocycles. The minimum Gasteiger partial charge on any atom is -0.285 e. The Bertz CT molecular complexity index is 573. The third-order valence-corrected chi connectivity index (χ3v) is 2.83. The Kier molecular flexibility index (Phi) is 4.96. The predicted molar refractivity (Wildman–Crippen MR) is 77.7 cm³/mol. The molecule has 94 valence electrons. The lowest BCUT2D eigenvalue weighted by Gasteiger charge is -1.98. The molecule has 0 bridgehead atoms. The Balaban J connectivity index is 1.78. The molecule has 0 aliphatic heterocycles. The maximum absolute atomic E-state index is 11.6. The van der Waals surface area contributed by atoms with Crippen LogP contribution in [0.5, 0.6) is 0 Å². The van der Waals surface area contributed by atoms with Gasteiger partial charge in [0.05, 0.1) is 0 Å². The molecule has 2 aromatic rings. The van der Waals surface area contributed by atoms with Crippen LogP contribution in [0.25, 0.3) is 0 Å². The topological polar surface area (TPSA) is 17.1 Å². The minimum absolute atomic E-state index is 0.0137. The van der Waals surface area contributed by atoms with Crippen LogP contribution in [0.1, 0.15) is 24.0 Å². The van der Waals surface area contributed by atoms with E-state index in [1.807, 2.05) is 48.5 Å². The molecule has 0 aliphatic carbocycles. The SMILES string of the molecule is O=C(C#Cc1ccccc1)CCCc1ccccc1. The molecular formula is C18H16O. The van der Waals surface area contributed by atoms with Crippen LogP contribution in [0.3, 0.4) is 0 Å². The van der Waals surface area contributed by atoms with Gasteiger partial charge in [-0.25, -0.2) is 0 Å². The molecule has 1 heteroatoms. The van der Waals surface area contributed by atoms with Gasteiger partial charge in [0.15, 0.2) is 0 Å². The van der Waals surface area contributed by atoms with Crippen molar-refractivity contribution in [2.45, 2.75) is 19.3 Å². The molecule has 0 heterocycles. The van der Waals surface area contributed by atoms with Crippen LogP contribution in [0.4, 0.5) is 0 Å². The number of hydrogen-bond acceptors (Lipinski definition) is 1. The van der Waals surface area contributed by atoms with E-state index in [0.717, 1.165) is 18.4 Å². The van der Waals surface area contributed by atoms with Gasteiger partial charge in [0, 0.05) is 12.0 Å². The number of ketones is 1. The molecule has 1 nitrogen and oxygen atoms in total. The van der Waals surface area contributed by atoms with Gasteiger partial charge < -0.3 is 0 Å². The Morgan fingerprint density at radius 2 is 1.53 bits per heavy atom. The largest absolute Gasteiger partial charge is 0.285 e. The first-order valence-corrected chi connectivity index (χ1v) is 6.48. The average molecular weight is 248 g/mol. The van der Waals surface area contributed by atoms with Gasteiger partial charge in [-0.2, -0.15) is 0 Å². The summed E-state index contributed by atoms with van der Waals surface area (Å²) in [6.45, 7) is 0. The van der Waals surface area contributed by atoms with Crippen LogP contribution in [-0.4, -0.2) is 5.78 Å². The van der Waals surface area contributed by atoms with Crippen molar-refractivity contribution in [2.75, 3.05) is 0 Å². The van der Waals surface area contributed by atoms with E-state index < -0.39 is 0 Å². The van der Waals surface area contributed by atoms with Gasteiger partial charge in [-0.05, 0) is 36.5 Å². The van der Waals surface area contributed by atoms with Gasteiger partial charge in [-0.1, -0.05) is 54.5 Å². The Morgan fingerprint density at radius 1 is 0.895 bits per heavy atom. The molecule has 0 radical (unpaired) electrons. The van der Waals surface area contributed by atoms with E-state index in [1.54, 1.807) is 0 Å². The number of rotatable bonds is 4. The van der Waals surface area contributed by atoms with Crippen LogP contribution >= 0.6 is 0 Å². The summed E-state index contributed by atoms with van der Waals surface area (Å²) in [7, 11) is 0. The molecule has 0 amide bonds. The van der Waals surface area contributed by atoms with Gasteiger partial charge in [0.25, 0.3) is 0 Å². The highest BCUT2D eigenvalue weighted by Gasteiger charge is 1.98. The summed E-state index contributed by atoms with van der Waals surface area (Å²) >= 11 is 0. The fraction of sp³-hybridized carbons (Fsp3) is 0.167. The number of Topliss-reactive ketones (excluding diaryl/α,β-unsaturated/α-hetero) is 1. The van der Waals surface area contributed by atoms with Crippen LogP contribution in [-0.2, 0) is 11.2 Å². The van der Waals surface area contributed by atoms with Crippen molar-refractivity contribution < 1.29 is 4.79 Å². The van der Waals surface area contributed by atoms with E-state index in [2.05, 4.69) is 24.0 Å². The van der Waals surface area contributed by atoms with E-state index in [0.29, 0.717) is 6.42 Å². The van der Waals surface area contributed by atoms with Gasteiger partial charge in [-0.15, -0.1) is 0 Å². The van der Waals surface area contributed by atoms with E-state index >= 15 is 0 Å². The van der Waals surface area contributed by atoms with E-state index in [4.69, 9.17) is 0 Å². The molecule has 0 spiro atoms. The smallest absolute Gasteiger partial charge is 0.205 e. The highest BCUT2D eigenvalue weighted by atomic mass is 16.1.